The Morgan fingerprint density at radius 2 is 2.18 bits per heavy atom. The number of anilines is 2. The van der Waals surface area contributed by atoms with Gasteiger partial charge in [0.25, 0.3) is 0 Å². The fourth-order valence-corrected chi connectivity index (χ4v) is 3.19. The molecule has 1 spiro atoms. The summed E-state index contributed by atoms with van der Waals surface area (Å²) in [7, 11) is 1.78. The third kappa shape index (κ3) is 2.93. The van der Waals surface area contributed by atoms with Crippen LogP contribution in [0.15, 0.2) is 12.4 Å². The first-order valence-electron chi connectivity index (χ1n) is 7.75. The number of hydrogen-bond acceptors (Lipinski definition) is 6. The number of carbonyl (C=O) groups excluding carboxylic acids is 1. The molecule has 1 aromatic heterocycles. The molecule has 22 heavy (non-hydrogen) atoms. The summed E-state index contributed by atoms with van der Waals surface area (Å²) in [5, 5.41) is 3.29. The van der Waals surface area contributed by atoms with E-state index in [-0.39, 0.29) is 6.09 Å². The number of hydrogen-bond donors (Lipinski definition) is 1. The van der Waals surface area contributed by atoms with Crippen molar-refractivity contribution < 1.29 is 9.53 Å². The number of nitrogens with zero attached hydrogens (tertiary/aromatic N) is 4. The lowest BCUT2D eigenvalue weighted by atomic mass is 9.93. The van der Waals surface area contributed by atoms with Gasteiger partial charge in [-0.1, -0.05) is 0 Å². The molecule has 2 saturated heterocycles. The van der Waals surface area contributed by atoms with E-state index in [1.165, 1.54) is 0 Å². The van der Waals surface area contributed by atoms with Gasteiger partial charge in [-0.3, -0.25) is 0 Å². The van der Waals surface area contributed by atoms with E-state index in [0.717, 1.165) is 31.0 Å². The molecule has 1 atom stereocenters. The number of amides is 1. The van der Waals surface area contributed by atoms with E-state index in [9.17, 15) is 4.79 Å². The lowest BCUT2D eigenvalue weighted by Crippen LogP contribution is -2.50. The highest BCUT2D eigenvalue weighted by molar-refractivity contribution is 5.70. The normalized spacial score (nSPS) is 25.0. The summed E-state index contributed by atoms with van der Waals surface area (Å²) < 4.78 is 5.63. The zero-order valence-electron chi connectivity index (χ0n) is 13.4. The second kappa shape index (κ2) is 5.62. The van der Waals surface area contributed by atoms with Gasteiger partial charge >= 0.3 is 6.09 Å². The highest BCUT2D eigenvalue weighted by Crippen LogP contribution is 2.33. The van der Waals surface area contributed by atoms with E-state index >= 15 is 0 Å². The number of piperidine rings is 1. The van der Waals surface area contributed by atoms with Crippen LogP contribution in [0.4, 0.5) is 16.4 Å². The second-order valence-corrected chi connectivity index (χ2v) is 6.49. The molecule has 0 aliphatic carbocycles. The van der Waals surface area contributed by atoms with Gasteiger partial charge in [-0.2, -0.15) is 0 Å². The molecule has 0 bridgehead atoms. The molecule has 0 saturated carbocycles. The number of rotatable bonds is 3. The Hall–Kier alpha value is -2.05. The smallest absolute Gasteiger partial charge is 0.410 e. The monoisotopic (exact) mass is 305 g/mol. The van der Waals surface area contributed by atoms with Gasteiger partial charge in [0.2, 0.25) is 0 Å². The van der Waals surface area contributed by atoms with Crippen molar-refractivity contribution in [2.24, 2.45) is 0 Å². The number of aromatic nitrogens is 2. The molecule has 120 valence electrons. The SMILES string of the molecule is CC(C)Nc1cc(N2CCC[C@@]3(CN(C)C(=O)O3)C2)ncn1. The van der Waals surface area contributed by atoms with E-state index in [1.54, 1.807) is 18.3 Å². The third-order valence-electron chi connectivity index (χ3n) is 4.09. The van der Waals surface area contributed by atoms with Crippen LogP contribution in [0, 0.1) is 0 Å². The molecule has 1 N–H and O–H groups in total. The van der Waals surface area contributed by atoms with Crippen molar-refractivity contribution in [3.63, 3.8) is 0 Å². The minimum atomic E-state index is -0.402. The lowest BCUT2D eigenvalue weighted by Gasteiger charge is -2.39. The predicted molar refractivity (Wildman–Crippen MR) is 84.1 cm³/mol. The second-order valence-electron chi connectivity index (χ2n) is 6.49. The minimum Gasteiger partial charge on any atom is -0.439 e. The Labute approximate surface area is 130 Å². The topological polar surface area (TPSA) is 70.6 Å². The molecule has 0 aromatic carbocycles. The van der Waals surface area contributed by atoms with Crippen LogP contribution in [-0.2, 0) is 4.74 Å². The first-order valence-corrected chi connectivity index (χ1v) is 7.75. The number of ether oxygens (including phenoxy) is 1. The maximum absolute atomic E-state index is 11.7. The standard InChI is InChI=1S/C15H23N5O2/c1-11(2)18-12-7-13(17-10-16-12)20-6-4-5-15(9-20)8-19(3)14(21)22-15/h7,10-11H,4-6,8-9H2,1-3H3,(H,16,17,18)/t15-/m1/s1. The summed E-state index contributed by atoms with van der Waals surface area (Å²) >= 11 is 0. The molecular formula is C15H23N5O2. The maximum atomic E-state index is 11.7. The van der Waals surface area contributed by atoms with E-state index in [2.05, 4.69) is 34.0 Å². The third-order valence-corrected chi connectivity index (χ3v) is 4.09. The van der Waals surface area contributed by atoms with Gasteiger partial charge in [-0.05, 0) is 26.7 Å². The van der Waals surface area contributed by atoms with Gasteiger partial charge in [0.1, 0.15) is 23.6 Å². The zero-order valence-corrected chi connectivity index (χ0v) is 13.4. The maximum Gasteiger partial charge on any atom is 0.410 e. The fourth-order valence-electron chi connectivity index (χ4n) is 3.19. The lowest BCUT2D eigenvalue weighted by molar-refractivity contribution is 0.0445. The average Bonchev–Trinajstić information content (AvgIpc) is 2.72. The molecule has 2 aliphatic rings. The van der Waals surface area contributed by atoms with Gasteiger partial charge < -0.3 is 19.9 Å². The van der Waals surface area contributed by atoms with Crippen LogP contribution in [0.25, 0.3) is 0 Å². The largest absolute Gasteiger partial charge is 0.439 e. The van der Waals surface area contributed by atoms with Gasteiger partial charge in [-0.25, -0.2) is 14.8 Å². The van der Waals surface area contributed by atoms with Gasteiger partial charge in [0.15, 0.2) is 0 Å². The van der Waals surface area contributed by atoms with Crippen LogP contribution >= 0.6 is 0 Å². The molecule has 1 amide bonds. The molecular weight excluding hydrogens is 282 g/mol. The van der Waals surface area contributed by atoms with Crippen LogP contribution in [0.3, 0.4) is 0 Å². The highest BCUT2D eigenvalue weighted by atomic mass is 16.6. The quantitative estimate of drug-likeness (QED) is 0.917. The van der Waals surface area contributed by atoms with Crippen molar-refractivity contribution in [1.29, 1.82) is 0 Å². The van der Waals surface area contributed by atoms with Gasteiger partial charge in [0.05, 0.1) is 13.1 Å². The Morgan fingerprint density at radius 1 is 1.36 bits per heavy atom. The van der Waals surface area contributed by atoms with Crippen molar-refractivity contribution in [2.45, 2.75) is 38.3 Å². The van der Waals surface area contributed by atoms with Crippen LogP contribution in [-0.4, -0.2) is 59.3 Å². The van der Waals surface area contributed by atoms with E-state index in [4.69, 9.17) is 4.74 Å². The summed E-state index contributed by atoms with van der Waals surface area (Å²) in [6.07, 6.45) is 3.24. The minimum absolute atomic E-state index is 0.230. The zero-order chi connectivity index (χ0) is 15.7. The molecule has 7 heteroatoms. The van der Waals surface area contributed by atoms with E-state index in [0.29, 0.717) is 19.1 Å². The first-order chi connectivity index (χ1) is 10.5. The molecule has 3 rings (SSSR count). The van der Waals surface area contributed by atoms with E-state index in [1.807, 2.05) is 6.07 Å². The van der Waals surface area contributed by atoms with Crippen LogP contribution < -0.4 is 10.2 Å². The van der Waals surface area contributed by atoms with Crippen LogP contribution in [0.5, 0.6) is 0 Å². The summed E-state index contributed by atoms with van der Waals surface area (Å²) in [5.41, 5.74) is -0.402. The molecule has 2 aliphatic heterocycles. The molecule has 0 radical (unpaired) electrons. The average molecular weight is 305 g/mol. The summed E-state index contributed by atoms with van der Waals surface area (Å²) in [5.74, 6) is 1.70. The highest BCUT2D eigenvalue weighted by Gasteiger charge is 2.46. The molecule has 2 fully saturated rings. The van der Waals surface area contributed by atoms with Crippen LogP contribution in [0.1, 0.15) is 26.7 Å². The Bertz CT molecular complexity index is 565. The number of likely N-dealkylation sites (N-methyl/N-ethyl adjacent to an activating group) is 1. The van der Waals surface area contributed by atoms with Crippen LogP contribution in [0.2, 0.25) is 0 Å². The van der Waals surface area contributed by atoms with Crippen molar-refractivity contribution in [3.8, 4) is 0 Å². The fraction of sp³-hybridized carbons (Fsp3) is 0.667. The van der Waals surface area contributed by atoms with Gasteiger partial charge in [-0.15, -0.1) is 0 Å². The van der Waals surface area contributed by atoms with Crippen molar-refractivity contribution in [1.82, 2.24) is 14.9 Å². The predicted octanol–water partition coefficient (Wildman–Crippen LogP) is 1.72. The molecule has 7 nitrogen and oxygen atoms in total. The summed E-state index contributed by atoms with van der Waals surface area (Å²) in [6.45, 7) is 6.39. The van der Waals surface area contributed by atoms with E-state index < -0.39 is 5.60 Å². The Morgan fingerprint density at radius 3 is 2.86 bits per heavy atom. The van der Waals surface area contributed by atoms with Crippen molar-refractivity contribution >= 4 is 17.7 Å². The van der Waals surface area contributed by atoms with Gasteiger partial charge in [0, 0.05) is 25.7 Å². The van der Waals surface area contributed by atoms with Crippen molar-refractivity contribution in [2.75, 3.05) is 36.9 Å². The molecule has 1 aromatic rings. The summed E-state index contributed by atoms with van der Waals surface area (Å²) in [6, 6.07) is 2.28. The molecule has 0 unspecified atom stereocenters. The Kier molecular flexibility index (Phi) is 3.80. The number of nitrogens with one attached hydrogen (secondary N) is 1. The van der Waals surface area contributed by atoms with Crippen molar-refractivity contribution in [3.05, 3.63) is 12.4 Å². The Balaban J connectivity index is 1.76. The molecule has 3 heterocycles. The first kappa shape index (κ1) is 14.9. The summed E-state index contributed by atoms with van der Waals surface area (Å²) in [4.78, 5) is 24.2. The number of carbonyl (C=O) groups is 1.